The minimum absolute atomic E-state index is 0.108. The number of hydrogen-bond acceptors (Lipinski definition) is 4. The summed E-state index contributed by atoms with van der Waals surface area (Å²) in [5.41, 5.74) is -1.63. The summed E-state index contributed by atoms with van der Waals surface area (Å²) in [5, 5.41) is 17.8. The van der Waals surface area contributed by atoms with Gasteiger partial charge < -0.3 is 5.11 Å². The van der Waals surface area contributed by atoms with Gasteiger partial charge in [0.2, 0.25) is 0 Å². The zero-order chi connectivity index (χ0) is 12.0. The van der Waals surface area contributed by atoms with Gasteiger partial charge in [-0.2, -0.15) is 13.2 Å². The highest BCUT2D eigenvalue weighted by atomic mass is 19.4. The second-order valence-electron chi connectivity index (χ2n) is 3.60. The molecule has 6 nitrogen and oxygen atoms in total. The Hall–Kier alpha value is -1.67. The van der Waals surface area contributed by atoms with E-state index in [1.54, 1.807) is 0 Å². The van der Waals surface area contributed by atoms with E-state index in [4.69, 9.17) is 5.11 Å². The molecule has 0 saturated heterocycles. The van der Waals surface area contributed by atoms with Gasteiger partial charge in [-0.15, -0.1) is 5.10 Å². The number of carboxylic acids is 1. The van der Waals surface area contributed by atoms with Crippen LogP contribution in [0.25, 0.3) is 0 Å². The van der Waals surface area contributed by atoms with Gasteiger partial charge in [-0.1, -0.05) is 0 Å². The lowest BCUT2D eigenvalue weighted by Crippen LogP contribution is -2.50. The maximum atomic E-state index is 12.5. The van der Waals surface area contributed by atoms with Crippen LogP contribution in [-0.2, 0) is 16.5 Å². The van der Waals surface area contributed by atoms with Crippen molar-refractivity contribution >= 4 is 5.97 Å². The van der Waals surface area contributed by atoms with E-state index >= 15 is 0 Å². The molecule has 1 heterocycles. The Kier molecular flexibility index (Phi) is 2.14. The van der Waals surface area contributed by atoms with Crippen molar-refractivity contribution in [2.75, 3.05) is 0 Å². The third-order valence-corrected chi connectivity index (χ3v) is 2.71. The molecule has 0 atom stereocenters. The zero-order valence-corrected chi connectivity index (χ0v) is 7.90. The molecule has 0 radical (unpaired) electrons. The lowest BCUT2D eigenvalue weighted by Gasteiger charge is -2.37. The molecule has 1 fully saturated rings. The number of alkyl halides is 3. The van der Waals surface area contributed by atoms with Gasteiger partial charge in [-0.05, 0) is 29.7 Å². The summed E-state index contributed by atoms with van der Waals surface area (Å²) in [4.78, 5) is 11.0. The number of carbonyl (C=O) groups is 1. The first-order valence-electron chi connectivity index (χ1n) is 4.47. The monoisotopic (exact) mass is 236 g/mol. The van der Waals surface area contributed by atoms with Crippen molar-refractivity contribution in [2.24, 2.45) is 0 Å². The molecule has 16 heavy (non-hydrogen) atoms. The smallest absolute Gasteiger partial charge is 0.453 e. The summed E-state index contributed by atoms with van der Waals surface area (Å²) in [6.45, 7) is 0. The SMILES string of the molecule is O=C(O)C1(n2nnnc2C(F)(F)F)CCC1. The summed E-state index contributed by atoms with van der Waals surface area (Å²) >= 11 is 0. The average molecular weight is 236 g/mol. The maximum Gasteiger partial charge on any atom is 0.453 e. The summed E-state index contributed by atoms with van der Waals surface area (Å²) in [5.74, 6) is -2.70. The van der Waals surface area contributed by atoms with E-state index in [1.165, 1.54) is 0 Å². The number of tetrazole rings is 1. The van der Waals surface area contributed by atoms with Crippen molar-refractivity contribution in [3.63, 3.8) is 0 Å². The largest absolute Gasteiger partial charge is 0.479 e. The summed E-state index contributed by atoms with van der Waals surface area (Å²) in [6, 6.07) is 0. The number of carboxylic acid groups (broad SMARTS) is 1. The molecule has 1 saturated carbocycles. The maximum absolute atomic E-state index is 12.5. The van der Waals surface area contributed by atoms with Gasteiger partial charge in [0, 0.05) is 0 Å². The predicted molar refractivity (Wildman–Crippen MR) is 42.3 cm³/mol. The van der Waals surface area contributed by atoms with E-state index in [9.17, 15) is 18.0 Å². The Labute approximate surface area is 87.1 Å². The second kappa shape index (κ2) is 3.16. The molecule has 9 heteroatoms. The minimum Gasteiger partial charge on any atom is -0.479 e. The fourth-order valence-corrected chi connectivity index (χ4v) is 1.68. The lowest BCUT2D eigenvalue weighted by molar-refractivity contribution is -0.163. The molecule has 1 N–H and O–H groups in total. The first-order chi connectivity index (χ1) is 7.38. The van der Waals surface area contributed by atoms with Gasteiger partial charge in [-0.25, -0.2) is 9.48 Å². The molecule has 0 amide bonds. The molecule has 1 aromatic rings. The molecule has 2 rings (SSSR count). The van der Waals surface area contributed by atoms with E-state index in [2.05, 4.69) is 15.5 Å². The fourth-order valence-electron chi connectivity index (χ4n) is 1.68. The molecule has 1 aliphatic carbocycles. The highest BCUT2D eigenvalue weighted by Gasteiger charge is 2.52. The molecule has 1 aromatic heterocycles. The van der Waals surface area contributed by atoms with Crippen LogP contribution in [0.15, 0.2) is 0 Å². The molecule has 0 aliphatic heterocycles. The molecule has 88 valence electrons. The second-order valence-corrected chi connectivity index (χ2v) is 3.60. The highest BCUT2D eigenvalue weighted by molar-refractivity contribution is 5.77. The van der Waals surface area contributed by atoms with Gasteiger partial charge in [0.05, 0.1) is 0 Å². The standard InChI is InChI=1S/C7H7F3N4O2/c8-7(9,10)4-11-12-13-14(4)6(5(15)16)2-1-3-6/h1-3H2,(H,15,16). The summed E-state index contributed by atoms with van der Waals surface area (Å²) in [6.07, 6.45) is -3.99. The van der Waals surface area contributed by atoms with Crippen molar-refractivity contribution < 1.29 is 23.1 Å². The van der Waals surface area contributed by atoms with Crippen molar-refractivity contribution in [3.05, 3.63) is 5.82 Å². The Morgan fingerprint density at radius 3 is 2.44 bits per heavy atom. The van der Waals surface area contributed by atoms with Crippen molar-refractivity contribution in [2.45, 2.75) is 31.0 Å². The molecule has 0 bridgehead atoms. The summed E-state index contributed by atoms with van der Waals surface area (Å²) in [7, 11) is 0. The minimum atomic E-state index is -4.75. The van der Waals surface area contributed by atoms with Crippen molar-refractivity contribution in [1.29, 1.82) is 0 Å². The lowest BCUT2D eigenvalue weighted by atomic mass is 9.77. The number of rotatable bonds is 2. The van der Waals surface area contributed by atoms with Gasteiger partial charge in [-0.3, -0.25) is 0 Å². The van der Waals surface area contributed by atoms with Crippen molar-refractivity contribution in [1.82, 2.24) is 20.2 Å². The number of aliphatic carboxylic acids is 1. The first kappa shape index (κ1) is 10.8. The van der Waals surface area contributed by atoms with Gasteiger partial charge in [0.15, 0.2) is 5.54 Å². The van der Waals surface area contributed by atoms with E-state index in [-0.39, 0.29) is 12.8 Å². The van der Waals surface area contributed by atoms with Gasteiger partial charge >= 0.3 is 12.1 Å². The number of nitrogens with zero attached hydrogens (tertiary/aromatic N) is 4. The van der Waals surface area contributed by atoms with Crippen LogP contribution in [0.3, 0.4) is 0 Å². The molecule has 0 spiro atoms. The third-order valence-electron chi connectivity index (χ3n) is 2.71. The average Bonchev–Trinajstić information content (AvgIpc) is 2.48. The van der Waals surface area contributed by atoms with Crippen LogP contribution in [0.2, 0.25) is 0 Å². The van der Waals surface area contributed by atoms with Crippen LogP contribution >= 0.6 is 0 Å². The van der Waals surface area contributed by atoms with E-state index in [0.717, 1.165) is 0 Å². The number of aromatic nitrogens is 4. The van der Waals surface area contributed by atoms with Crippen LogP contribution in [0.1, 0.15) is 25.1 Å². The van der Waals surface area contributed by atoms with Crippen LogP contribution < -0.4 is 0 Å². The Morgan fingerprint density at radius 2 is 2.06 bits per heavy atom. The van der Waals surface area contributed by atoms with Crippen molar-refractivity contribution in [3.8, 4) is 0 Å². The Bertz CT molecular complexity index is 424. The number of hydrogen-bond donors (Lipinski definition) is 1. The Balaban J connectivity index is 2.48. The molecular formula is C7H7F3N4O2. The topological polar surface area (TPSA) is 80.9 Å². The third kappa shape index (κ3) is 1.34. The zero-order valence-electron chi connectivity index (χ0n) is 7.90. The molecule has 1 aliphatic rings. The number of halogens is 3. The van der Waals surface area contributed by atoms with Crippen LogP contribution in [0.4, 0.5) is 13.2 Å². The predicted octanol–water partition coefficient (Wildman–Crippen LogP) is 0.656. The Morgan fingerprint density at radius 1 is 1.44 bits per heavy atom. The molecule has 0 aromatic carbocycles. The first-order valence-corrected chi connectivity index (χ1v) is 4.47. The molecule has 0 unspecified atom stereocenters. The highest BCUT2D eigenvalue weighted by Crippen LogP contribution is 2.41. The van der Waals surface area contributed by atoms with E-state index < -0.39 is 23.5 Å². The van der Waals surface area contributed by atoms with Crippen LogP contribution in [-0.4, -0.2) is 31.3 Å². The normalized spacial score (nSPS) is 19.2. The van der Waals surface area contributed by atoms with Crippen LogP contribution in [0, 0.1) is 0 Å². The van der Waals surface area contributed by atoms with E-state index in [0.29, 0.717) is 11.1 Å². The van der Waals surface area contributed by atoms with Crippen LogP contribution in [0.5, 0.6) is 0 Å². The summed E-state index contributed by atoms with van der Waals surface area (Å²) < 4.78 is 37.8. The van der Waals surface area contributed by atoms with Gasteiger partial charge in [0.1, 0.15) is 0 Å². The van der Waals surface area contributed by atoms with Gasteiger partial charge in [0.25, 0.3) is 5.82 Å². The fraction of sp³-hybridized carbons (Fsp3) is 0.714. The molecular weight excluding hydrogens is 229 g/mol. The van der Waals surface area contributed by atoms with E-state index in [1.807, 2.05) is 0 Å². The quantitative estimate of drug-likeness (QED) is 0.815.